The van der Waals surface area contributed by atoms with Gasteiger partial charge in [-0.25, -0.2) is 10.6 Å². The van der Waals surface area contributed by atoms with Crippen molar-refractivity contribution in [3.63, 3.8) is 0 Å². The zero-order valence-corrected chi connectivity index (χ0v) is 24.6. The Labute approximate surface area is 262 Å². The molecule has 4 aromatic carbocycles. The van der Waals surface area contributed by atoms with E-state index < -0.39 is 17.0 Å². The smallest absolute Gasteiger partial charge is 0.337 e. The standard InChI is InChI=1S/C32H29N7O7/c1-2-45-32-35-27-9-5-8-26(31(41)42)28(27)37(32)18-20-10-14-22(15-11-20)24-6-3-4-7-25(24)29(33)36-38(34)30(40)23-16-12-21(13-17-23)19-46-39(43)44/h3-17H,2,18-19,34H2,1H3,(H2,33,36)(H,41,42). The zero-order valence-electron chi connectivity index (χ0n) is 24.6. The Balaban J connectivity index is 1.37. The Bertz CT molecular complexity index is 1940. The largest absolute Gasteiger partial charge is 0.478 e. The van der Waals surface area contributed by atoms with Crippen molar-refractivity contribution in [2.45, 2.75) is 20.1 Å². The van der Waals surface area contributed by atoms with E-state index in [4.69, 9.17) is 16.3 Å². The first-order valence-electron chi connectivity index (χ1n) is 14.0. The molecule has 1 aromatic heterocycles. The lowest BCUT2D eigenvalue weighted by atomic mass is 9.98. The average Bonchev–Trinajstić information content (AvgIpc) is 3.40. The number of hydrazone groups is 1. The van der Waals surface area contributed by atoms with Gasteiger partial charge >= 0.3 is 5.97 Å². The summed E-state index contributed by atoms with van der Waals surface area (Å²) in [6.07, 6.45) is 0. The molecule has 0 radical (unpaired) electrons. The van der Waals surface area contributed by atoms with Crippen molar-refractivity contribution in [1.82, 2.24) is 14.7 Å². The van der Waals surface area contributed by atoms with E-state index in [0.29, 0.717) is 46.4 Å². The molecule has 0 saturated carbocycles. The van der Waals surface area contributed by atoms with Gasteiger partial charge in [-0.05, 0) is 53.4 Å². The highest BCUT2D eigenvalue weighted by Crippen LogP contribution is 2.28. The van der Waals surface area contributed by atoms with Gasteiger partial charge in [0, 0.05) is 11.1 Å². The number of hydrogen-bond acceptors (Lipinski definition) is 9. The van der Waals surface area contributed by atoms with Crippen molar-refractivity contribution in [3.8, 4) is 17.1 Å². The van der Waals surface area contributed by atoms with Crippen molar-refractivity contribution in [2.24, 2.45) is 16.7 Å². The van der Waals surface area contributed by atoms with Crippen LogP contribution in [0.5, 0.6) is 6.01 Å². The van der Waals surface area contributed by atoms with Gasteiger partial charge in [-0.1, -0.05) is 66.7 Å². The predicted molar refractivity (Wildman–Crippen MR) is 168 cm³/mol. The van der Waals surface area contributed by atoms with Crippen LogP contribution < -0.4 is 16.3 Å². The summed E-state index contributed by atoms with van der Waals surface area (Å²) >= 11 is 0. The number of imidazole rings is 1. The minimum atomic E-state index is -1.06. The molecule has 14 nitrogen and oxygen atoms in total. The van der Waals surface area contributed by atoms with Gasteiger partial charge in [0.05, 0.1) is 29.7 Å². The number of amidine groups is 1. The molecule has 0 aliphatic heterocycles. The quantitative estimate of drug-likeness (QED) is 0.0452. The van der Waals surface area contributed by atoms with E-state index >= 15 is 0 Å². The second kappa shape index (κ2) is 13.6. The van der Waals surface area contributed by atoms with Gasteiger partial charge in [-0.2, -0.15) is 10.1 Å². The van der Waals surface area contributed by atoms with Crippen molar-refractivity contribution >= 4 is 28.7 Å². The molecule has 0 aliphatic carbocycles. The van der Waals surface area contributed by atoms with Gasteiger partial charge < -0.3 is 20.4 Å². The number of aromatic carboxylic acids is 1. The summed E-state index contributed by atoms with van der Waals surface area (Å²) in [5, 5.41) is 24.0. The summed E-state index contributed by atoms with van der Waals surface area (Å²) in [5.74, 6) is 4.25. The molecule has 0 saturated heterocycles. The molecule has 0 fully saturated rings. The number of carbonyl (C=O) groups is 2. The van der Waals surface area contributed by atoms with Gasteiger partial charge in [0.2, 0.25) is 0 Å². The maximum Gasteiger partial charge on any atom is 0.337 e. The molecule has 1 heterocycles. The fourth-order valence-electron chi connectivity index (χ4n) is 4.87. The molecule has 5 N–H and O–H groups in total. The van der Waals surface area contributed by atoms with E-state index in [1.54, 1.807) is 28.8 Å². The molecule has 0 atom stereocenters. The van der Waals surface area contributed by atoms with Gasteiger partial charge in [0.15, 0.2) is 5.84 Å². The van der Waals surface area contributed by atoms with Crippen LogP contribution in [0.25, 0.3) is 22.2 Å². The Morgan fingerprint density at radius 3 is 2.33 bits per heavy atom. The van der Waals surface area contributed by atoms with Gasteiger partial charge in [0.1, 0.15) is 6.61 Å². The highest BCUT2D eigenvalue weighted by Gasteiger charge is 2.19. The highest BCUT2D eigenvalue weighted by atomic mass is 16.9. The number of ether oxygens (including phenoxy) is 1. The van der Waals surface area contributed by atoms with E-state index in [1.807, 2.05) is 43.3 Å². The molecule has 46 heavy (non-hydrogen) atoms. The lowest BCUT2D eigenvalue weighted by molar-refractivity contribution is -0.763. The summed E-state index contributed by atoms with van der Waals surface area (Å²) in [6.45, 7) is 2.26. The summed E-state index contributed by atoms with van der Waals surface area (Å²) in [7, 11) is 0. The van der Waals surface area contributed by atoms with Crippen LogP contribution in [0.3, 0.4) is 0 Å². The average molecular weight is 624 g/mol. The number of benzene rings is 4. The van der Waals surface area contributed by atoms with Gasteiger partial charge in [-0.3, -0.25) is 9.36 Å². The van der Waals surface area contributed by atoms with E-state index in [2.05, 4.69) is 14.9 Å². The first-order chi connectivity index (χ1) is 22.2. The Morgan fingerprint density at radius 2 is 1.65 bits per heavy atom. The first-order valence-corrected chi connectivity index (χ1v) is 14.0. The van der Waals surface area contributed by atoms with Gasteiger partial charge in [-0.15, -0.1) is 15.2 Å². The van der Waals surface area contributed by atoms with Crippen LogP contribution in [-0.2, 0) is 18.0 Å². The van der Waals surface area contributed by atoms with Crippen LogP contribution in [0, 0.1) is 10.1 Å². The first kappa shape index (κ1) is 31.2. The number of carbonyl (C=O) groups excluding carboxylic acids is 1. The number of para-hydroxylation sites is 1. The highest BCUT2D eigenvalue weighted by molar-refractivity contribution is 6.04. The fourth-order valence-corrected chi connectivity index (χ4v) is 4.87. The normalized spacial score (nSPS) is 11.3. The van der Waals surface area contributed by atoms with Crippen LogP contribution in [0.4, 0.5) is 0 Å². The van der Waals surface area contributed by atoms with Crippen LogP contribution in [0.1, 0.15) is 44.3 Å². The van der Waals surface area contributed by atoms with E-state index in [9.17, 15) is 24.8 Å². The fraction of sp³-hybridized carbons (Fsp3) is 0.125. The molecule has 0 bridgehead atoms. The molecule has 5 aromatic rings. The zero-order chi connectivity index (χ0) is 32.8. The third-order valence-corrected chi connectivity index (χ3v) is 7.01. The molecule has 5 rings (SSSR count). The molecule has 14 heteroatoms. The number of carboxylic acid groups (broad SMARTS) is 1. The number of nitrogens with zero attached hydrogens (tertiary/aromatic N) is 5. The van der Waals surface area contributed by atoms with Crippen molar-refractivity contribution in [2.75, 3.05) is 6.61 Å². The van der Waals surface area contributed by atoms with E-state index in [-0.39, 0.29) is 23.6 Å². The van der Waals surface area contributed by atoms with Crippen molar-refractivity contribution in [1.29, 1.82) is 0 Å². The van der Waals surface area contributed by atoms with Crippen LogP contribution in [0.15, 0.2) is 96.1 Å². The second-order valence-corrected chi connectivity index (χ2v) is 9.96. The van der Waals surface area contributed by atoms with Gasteiger partial charge in [0.25, 0.3) is 17.0 Å². The third kappa shape index (κ3) is 6.76. The van der Waals surface area contributed by atoms with Crippen LogP contribution >= 0.6 is 0 Å². The van der Waals surface area contributed by atoms with Crippen molar-refractivity contribution < 1.29 is 29.4 Å². The Hall–Kier alpha value is -6.28. The molecule has 0 aliphatic rings. The molecule has 1 amide bonds. The molecular weight excluding hydrogens is 594 g/mol. The lowest BCUT2D eigenvalue weighted by Crippen LogP contribution is -2.35. The van der Waals surface area contributed by atoms with Crippen molar-refractivity contribution in [3.05, 3.63) is 129 Å². The van der Waals surface area contributed by atoms with Crippen LogP contribution in [0.2, 0.25) is 0 Å². The minimum Gasteiger partial charge on any atom is -0.478 e. The summed E-state index contributed by atoms with van der Waals surface area (Å²) in [4.78, 5) is 44.0. The number of rotatable bonds is 12. The SMILES string of the molecule is CCOc1nc2cccc(C(=O)O)c2n1Cc1ccc(-c2ccccc2/C(N)=N/N(N)C(=O)c2ccc(CO[N+](=O)[O-])cc2)cc1. The van der Waals surface area contributed by atoms with E-state index in [0.717, 1.165) is 16.7 Å². The number of amides is 1. The van der Waals surface area contributed by atoms with E-state index in [1.165, 1.54) is 30.3 Å². The summed E-state index contributed by atoms with van der Waals surface area (Å²) < 4.78 is 7.48. The predicted octanol–water partition coefficient (Wildman–Crippen LogP) is 4.19. The minimum absolute atomic E-state index is 0.000953. The monoisotopic (exact) mass is 623 g/mol. The maximum absolute atomic E-state index is 12.9. The molecular formula is C32H29N7O7. The maximum atomic E-state index is 12.9. The Morgan fingerprint density at radius 1 is 0.978 bits per heavy atom. The number of nitrogens with two attached hydrogens (primary N) is 2. The van der Waals surface area contributed by atoms with Crippen LogP contribution in [-0.4, -0.2) is 49.2 Å². The topological polar surface area (TPSA) is 201 Å². The Kier molecular flexibility index (Phi) is 9.19. The molecule has 234 valence electrons. The number of hydrogen-bond donors (Lipinski definition) is 3. The number of aromatic nitrogens is 2. The summed E-state index contributed by atoms with van der Waals surface area (Å²) in [5.41, 5.74) is 11.1. The number of fused-ring (bicyclic) bond motifs is 1. The number of carboxylic acids is 1. The molecule has 0 unspecified atom stereocenters. The summed E-state index contributed by atoms with van der Waals surface area (Å²) in [6, 6.07) is 26.0. The number of hydrazine groups is 1. The molecule has 0 spiro atoms. The third-order valence-electron chi connectivity index (χ3n) is 7.01. The lowest BCUT2D eigenvalue weighted by Gasteiger charge is -2.15. The second-order valence-electron chi connectivity index (χ2n) is 9.96.